The minimum absolute atomic E-state index is 0.125. The van der Waals surface area contributed by atoms with Crippen LogP contribution in [0.25, 0.3) is 0 Å². The summed E-state index contributed by atoms with van der Waals surface area (Å²) in [5.74, 6) is -0.00789. The quantitative estimate of drug-likeness (QED) is 0.853. The van der Waals surface area contributed by atoms with E-state index in [1.54, 1.807) is 44.4 Å². The van der Waals surface area contributed by atoms with Crippen LogP contribution in [0.15, 0.2) is 47.4 Å². The zero-order valence-corrected chi connectivity index (χ0v) is 16.1. The van der Waals surface area contributed by atoms with Crippen LogP contribution in [0, 0.1) is 0 Å². The van der Waals surface area contributed by atoms with E-state index in [4.69, 9.17) is 11.6 Å². The molecule has 0 saturated carbocycles. The molecule has 0 heterocycles. The third-order valence-corrected chi connectivity index (χ3v) is 5.34. The Hall–Kier alpha value is -2.05. The van der Waals surface area contributed by atoms with Crippen LogP contribution in [0.2, 0.25) is 5.02 Å². The summed E-state index contributed by atoms with van der Waals surface area (Å²) in [5, 5.41) is 0.336. The summed E-state index contributed by atoms with van der Waals surface area (Å²) in [7, 11) is -0.639. The number of carbonyl (C=O) groups excluding carboxylic acids is 1. The first-order chi connectivity index (χ1) is 11.6. The van der Waals surface area contributed by atoms with E-state index in [2.05, 4.69) is 4.72 Å². The molecule has 0 aliphatic carbocycles. The molecule has 7 heteroatoms. The summed E-state index contributed by atoms with van der Waals surface area (Å²) in [6.45, 7) is 4.07. The average molecular weight is 381 g/mol. The Morgan fingerprint density at radius 1 is 1.08 bits per heavy atom. The van der Waals surface area contributed by atoms with E-state index < -0.39 is 10.0 Å². The van der Waals surface area contributed by atoms with E-state index in [1.165, 1.54) is 17.0 Å². The largest absolute Gasteiger partial charge is 0.345 e. The highest BCUT2D eigenvalue weighted by molar-refractivity contribution is 7.92. The van der Waals surface area contributed by atoms with Gasteiger partial charge in [0, 0.05) is 19.1 Å². The summed E-state index contributed by atoms with van der Waals surface area (Å²) >= 11 is 5.97. The summed E-state index contributed by atoms with van der Waals surface area (Å²) in [6, 6.07) is 11.1. The van der Waals surface area contributed by atoms with E-state index in [-0.39, 0.29) is 22.1 Å². The van der Waals surface area contributed by atoms with Gasteiger partial charge < -0.3 is 4.90 Å². The molecule has 1 N–H and O–H groups in total. The summed E-state index contributed by atoms with van der Waals surface area (Å²) in [6.07, 6.45) is 0. The lowest BCUT2D eigenvalue weighted by molar-refractivity contribution is 0.0828. The van der Waals surface area contributed by atoms with Crippen molar-refractivity contribution in [1.29, 1.82) is 0 Å². The third kappa shape index (κ3) is 4.52. The van der Waals surface area contributed by atoms with Crippen molar-refractivity contribution in [3.63, 3.8) is 0 Å². The van der Waals surface area contributed by atoms with Gasteiger partial charge in [0.25, 0.3) is 15.9 Å². The number of amides is 1. The fraction of sp³-hybridized carbons (Fsp3) is 0.278. The molecule has 25 heavy (non-hydrogen) atoms. The number of carbonyl (C=O) groups is 1. The molecule has 0 saturated heterocycles. The zero-order chi connectivity index (χ0) is 18.8. The van der Waals surface area contributed by atoms with E-state index in [9.17, 15) is 13.2 Å². The SMILES string of the molecule is CC(C)c1ccc(S(=O)(=O)Nc2cc(Cl)ccc2C(=O)N(C)C)cc1. The molecule has 134 valence electrons. The molecule has 2 aromatic carbocycles. The van der Waals surface area contributed by atoms with Crippen LogP contribution in [0.5, 0.6) is 0 Å². The summed E-state index contributed by atoms with van der Waals surface area (Å²) in [4.78, 5) is 13.8. The molecule has 0 aromatic heterocycles. The lowest BCUT2D eigenvalue weighted by atomic mass is 10.0. The number of anilines is 1. The molecule has 2 rings (SSSR count). The second-order valence-corrected chi connectivity index (χ2v) is 8.34. The predicted molar refractivity (Wildman–Crippen MR) is 101 cm³/mol. The number of nitrogens with one attached hydrogen (secondary N) is 1. The van der Waals surface area contributed by atoms with Crippen molar-refractivity contribution in [3.05, 3.63) is 58.6 Å². The molecule has 0 fully saturated rings. The Bertz CT molecular complexity index is 876. The number of nitrogens with zero attached hydrogens (tertiary/aromatic N) is 1. The number of hydrogen-bond donors (Lipinski definition) is 1. The van der Waals surface area contributed by atoms with Gasteiger partial charge in [-0.05, 0) is 41.8 Å². The molecule has 2 aromatic rings. The van der Waals surface area contributed by atoms with Gasteiger partial charge in [-0.15, -0.1) is 0 Å². The molecule has 0 radical (unpaired) electrons. The monoisotopic (exact) mass is 380 g/mol. The molecular formula is C18H21ClN2O3S. The Kier molecular flexibility index (Phi) is 5.75. The van der Waals surface area contributed by atoms with Gasteiger partial charge in [0.1, 0.15) is 0 Å². The van der Waals surface area contributed by atoms with Gasteiger partial charge in [0.2, 0.25) is 0 Å². The molecular weight excluding hydrogens is 360 g/mol. The van der Waals surface area contributed by atoms with Crippen LogP contribution in [-0.2, 0) is 10.0 Å². The van der Waals surface area contributed by atoms with Crippen molar-refractivity contribution in [2.75, 3.05) is 18.8 Å². The lowest BCUT2D eigenvalue weighted by Crippen LogP contribution is -2.24. The van der Waals surface area contributed by atoms with E-state index in [0.717, 1.165) is 5.56 Å². The van der Waals surface area contributed by atoms with Gasteiger partial charge in [-0.1, -0.05) is 37.6 Å². The Morgan fingerprint density at radius 3 is 2.20 bits per heavy atom. The fourth-order valence-electron chi connectivity index (χ4n) is 2.26. The maximum atomic E-state index is 12.7. The lowest BCUT2D eigenvalue weighted by Gasteiger charge is -2.16. The highest BCUT2D eigenvalue weighted by Crippen LogP contribution is 2.26. The fourth-order valence-corrected chi connectivity index (χ4v) is 3.51. The first-order valence-corrected chi connectivity index (χ1v) is 9.62. The van der Waals surface area contributed by atoms with Crippen molar-refractivity contribution < 1.29 is 13.2 Å². The van der Waals surface area contributed by atoms with E-state index >= 15 is 0 Å². The molecule has 0 bridgehead atoms. The van der Waals surface area contributed by atoms with Gasteiger partial charge in [-0.2, -0.15) is 0 Å². The van der Waals surface area contributed by atoms with Crippen molar-refractivity contribution in [3.8, 4) is 0 Å². The number of halogens is 1. The average Bonchev–Trinajstić information content (AvgIpc) is 2.54. The third-order valence-electron chi connectivity index (χ3n) is 3.72. The van der Waals surface area contributed by atoms with Crippen LogP contribution in [0.3, 0.4) is 0 Å². The number of sulfonamides is 1. The van der Waals surface area contributed by atoms with Crippen LogP contribution >= 0.6 is 11.6 Å². The maximum Gasteiger partial charge on any atom is 0.261 e. The van der Waals surface area contributed by atoms with Gasteiger partial charge >= 0.3 is 0 Å². The van der Waals surface area contributed by atoms with Crippen LogP contribution < -0.4 is 4.72 Å². The molecule has 0 aliphatic rings. The first-order valence-electron chi connectivity index (χ1n) is 7.76. The van der Waals surface area contributed by atoms with Crippen LogP contribution in [-0.4, -0.2) is 33.3 Å². The minimum Gasteiger partial charge on any atom is -0.345 e. The minimum atomic E-state index is -3.83. The topological polar surface area (TPSA) is 66.5 Å². The second-order valence-electron chi connectivity index (χ2n) is 6.22. The molecule has 0 aliphatic heterocycles. The standard InChI is InChI=1S/C18H21ClN2O3S/c1-12(2)13-5-8-15(9-6-13)25(23,24)20-17-11-14(19)7-10-16(17)18(22)21(3)4/h5-12,20H,1-4H3. The Labute approximate surface area is 153 Å². The number of hydrogen-bond acceptors (Lipinski definition) is 3. The summed E-state index contributed by atoms with van der Waals surface area (Å²) < 4.78 is 27.8. The number of benzene rings is 2. The van der Waals surface area contributed by atoms with Crippen molar-refractivity contribution in [2.24, 2.45) is 0 Å². The Balaban J connectivity index is 2.40. The van der Waals surface area contributed by atoms with Gasteiger partial charge in [-0.25, -0.2) is 8.42 Å². The second kappa shape index (κ2) is 7.45. The smallest absolute Gasteiger partial charge is 0.261 e. The molecule has 1 amide bonds. The molecule has 0 spiro atoms. The predicted octanol–water partition coefficient (Wildman–Crippen LogP) is 3.97. The Morgan fingerprint density at radius 2 is 1.68 bits per heavy atom. The van der Waals surface area contributed by atoms with E-state index in [0.29, 0.717) is 10.9 Å². The normalized spacial score (nSPS) is 11.4. The molecule has 5 nitrogen and oxygen atoms in total. The van der Waals surface area contributed by atoms with Gasteiger partial charge in [-0.3, -0.25) is 9.52 Å². The van der Waals surface area contributed by atoms with Crippen LogP contribution in [0.4, 0.5) is 5.69 Å². The van der Waals surface area contributed by atoms with Gasteiger partial charge in [0.15, 0.2) is 0 Å². The van der Waals surface area contributed by atoms with E-state index in [1.807, 2.05) is 13.8 Å². The maximum absolute atomic E-state index is 12.7. The van der Waals surface area contributed by atoms with Crippen molar-refractivity contribution in [1.82, 2.24) is 4.90 Å². The molecule has 0 unspecified atom stereocenters. The number of rotatable bonds is 5. The highest BCUT2D eigenvalue weighted by Gasteiger charge is 2.20. The van der Waals surface area contributed by atoms with Crippen molar-refractivity contribution in [2.45, 2.75) is 24.7 Å². The summed E-state index contributed by atoms with van der Waals surface area (Å²) in [5.41, 5.74) is 1.43. The molecule has 0 atom stereocenters. The van der Waals surface area contributed by atoms with Crippen molar-refractivity contribution >= 4 is 33.2 Å². The van der Waals surface area contributed by atoms with Crippen LogP contribution in [0.1, 0.15) is 35.7 Å². The first kappa shape index (κ1) is 19.3. The highest BCUT2D eigenvalue weighted by atomic mass is 35.5. The zero-order valence-electron chi connectivity index (χ0n) is 14.6. The van der Waals surface area contributed by atoms with Gasteiger partial charge in [0.05, 0.1) is 16.1 Å².